The molecule has 0 fully saturated rings. The Kier molecular flexibility index (Phi) is 9.30. The van der Waals surface area contributed by atoms with Gasteiger partial charge in [0.25, 0.3) is 0 Å². The first-order valence-corrected chi connectivity index (χ1v) is 9.31. The zero-order chi connectivity index (χ0) is 17.8. The average molecular weight is 332 g/mol. The Morgan fingerprint density at radius 1 is 0.875 bits per heavy atom. The molecule has 0 spiro atoms. The second kappa shape index (κ2) is 11.0. The summed E-state index contributed by atoms with van der Waals surface area (Å²) in [6.45, 7) is 4.38. The molecule has 0 aliphatic heterocycles. The number of hydrogen-bond acceptors (Lipinski definition) is 3. The van der Waals surface area contributed by atoms with E-state index in [0.29, 0.717) is 11.5 Å². The molecule has 0 amide bonds. The van der Waals surface area contributed by atoms with Crippen LogP contribution in [-0.4, -0.2) is 14.2 Å². The van der Waals surface area contributed by atoms with Gasteiger partial charge in [0.1, 0.15) is 0 Å². The maximum absolute atomic E-state index is 9.97. The molecule has 0 aliphatic carbocycles. The van der Waals surface area contributed by atoms with Crippen molar-refractivity contribution < 1.29 is 9.47 Å². The fraction of sp³-hybridized carbons (Fsp3) is 0.667. The first kappa shape index (κ1) is 20.4. The summed E-state index contributed by atoms with van der Waals surface area (Å²) >= 11 is 0. The minimum absolute atomic E-state index is 0.418. The molecule has 0 aliphatic rings. The number of ether oxygens (including phenoxy) is 2. The standard InChI is InChI=1S/C21H33NO2/c1-5-7-8-9-10-11-15-21(17-22,14-6-2)18-12-13-19(23-3)20(16-18)24-4/h12-13,16H,5-11,14-15H2,1-4H3. The molecule has 0 aromatic heterocycles. The summed E-state index contributed by atoms with van der Waals surface area (Å²) in [7, 11) is 3.28. The van der Waals surface area contributed by atoms with Crippen LogP contribution in [0.1, 0.15) is 77.2 Å². The lowest BCUT2D eigenvalue weighted by Gasteiger charge is -2.27. The summed E-state index contributed by atoms with van der Waals surface area (Å²) in [5, 5.41) is 9.97. The van der Waals surface area contributed by atoms with Crippen molar-refractivity contribution in [2.24, 2.45) is 0 Å². The molecule has 3 nitrogen and oxygen atoms in total. The summed E-state index contributed by atoms with van der Waals surface area (Å²) in [5.74, 6) is 1.41. The number of nitrogens with zero attached hydrogens (tertiary/aromatic N) is 1. The molecule has 0 saturated heterocycles. The van der Waals surface area contributed by atoms with Gasteiger partial charge in [-0.2, -0.15) is 5.26 Å². The van der Waals surface area contributed by atoms with Crippen LogP contribution in [0.2, 0.25) is 0 Å². The largest absolute Gasteiger partial charge is 0.493 e. The summed E-state index contributed by atoms with van der Waals surface area (Å²) in [5.41, 5.74) is 0.636. The number of methoxy groups -OCH3 is 2. The molecule has 0 bridgehead atoms. The SMILES string of the molecule is CCCCCCCCC(C#N)(CCC)c1ccc(OC)c(OC)c1. The zero-order valence-corrected chi connectivity index (χ0v) is 15.9. The zero-order valence-electron chi connectivity index (χ0n) is 15.9. The van der Waals surface area contributed by atoms with E-state index in [4.69, 9.17) is 9.47 Å². The fourth-order valence-electron chi connectivity index (χ4n) is 3.36. The van der Waals surface area contributed by atoms with Crippen LogP contribution in [0.15, 0.2) is 18.2 Å². The van der Waals surface area contributed by atoms with Crippen LogP contribution in [0.4, 0.5) is 0 Å². The minimum Gasteiger partial charge on any atom is -0.493 e. The highest BCUT2D eigenvalue weighted by Crippen LogP contribution is 2.39. The van der Waals surface area contributed by atoms with Gasteiger partial charge in [-0.3, -0.25) is 0 Å². The predicted molar refractivity (Wildman–Crippen MR) is 99.7 cm³/mol. The van der Waals surface area contributed by atoms with Crippen LogP contribution >= 0.6 is 0 Å². The fourth-order valence-corrected chi connectivity index (χ4v) is 3.36. The van der Waals surface area contributed by atoms with Crippen LogP contribution in [0, 0.1) is 11.3 Å². The molecule has 1 aromatic carbocycles. The van der Waals surface area contributed by atoms with Gasteiger partial charge in [-0.15, -0.1) is 0 Å². The van der Waals surface area contributed by atoms with E-state index in [-0.39, 0.29) is 0 Å². The Bertz CT molecular complexity index is 521. The lowest BCUT2D eigenvalue weighted by molar-refractivity contribution is 0.352. The topological polar surface area (TPSA) is 42.2 Å². The highest BCUT2D eigenvalue weighted by Gasteiger charge is 2.31. The van der Waals surface area contributed by atoms with E-state index in [0.717, 1.165) is 31.2 Å². The van der Waals surface area contributed by atoms with Crippen LogP contribution in [0.5, 0.6) is 11.5 Å². The Morgan fingerprint density at radius 3 is 2.12 bits per heavy atom. The third-order valence-electron chi connectivity index (χ3n) is 4.78. The van der Waals surface area contributed by atoms with E-state index in [1.807, 2.05) is 18.2 Å². The van der Waals surface area contributed by atoms with Crippen molar-refractivity contribution in [3.63, 3.8) is 0 Å². The third-order valence-corrected chi connectivity index (χ3v) is 4.78. The van der Waals surface area contributed by atoms with Crippen molar-refractivity contribution in [2.75, 3.05) is 14.2 Å². The van der Waals surface area contributed by atoms with E-state index in [1.54, 1.807) is 14.2 Å². The van der Waals surface area contributed by atoms with Gasteiger partial charge in [-0.05, 0) is 30.5 Å². The number of hydrogen-bond donors (Lipinski definition) is 0. The van der Waals surface area contributed by atoms with Crippen LogP contribution in [0.25, 0.3) is 0 Å². The molecule has 0 heterocycles. The minimum atomic E-state index is -0.418. The number of unbranched alkanes of at least 4 members (excludes halogenated alkanes) is 5. The van der Waals surface area contributed by atoms with Crippen molar-refractivity contribution in [1.82, 2.24) is 0 Å². The van der Waals surface area contributed by atoms with Crippen molar-refractivity contribution in [3.05, 3.63) is 23.8 Å². The number of benzene rings is 1. The van der Waals surface area contributed by atoms with Crippen molar-refractivity contribution in [1.29, 1.82) is 5.26 Å². The Hall–Kier alpha value is -1.69. The average Bonchev–Trinajstić information content (AvgIpc) is 2.63. The maximum Gasteiger partial charge on any atom is 0.161 e. The maximum atomic E-state index is 9.97. The Morgan fingerprint density at radius 2 is 1.54 bits per heavy atom. The molecule has 1 atom stereocenters. The summed E-state index contributed by atoms with van der Waals surface area (Å²) in [4.78, 5) is 0. The van der Waals surface area contributed by atoms with Crippen LogP contribution in [-0.2, 0) is 5.41 Å². The molecule has 0 N–H and O–H groups in total. The van der Waals surface area contributed by atoms with Crippen molar-refractivity contribution in [2.45, 2.75) is 77.0 Å². The van der Waals surface area contributed by atoms with Gasteiger partial charge in [-0.1, -0.05) is 64.9 Å². The molecule has 0 saturated carbocycles. The second-order valence-corrected chi connectivity index (χ2v) is 6.53. The molecule has 134 valence electrons. The molecule has 3 heteroatoms. The van der Waals surface area contributed by atoms with Crippen LogP contribution < -0.4 is 9.47 Å². The lowest BCUT2D eigenvalue weighted by atomic mass is 9.74. The quantitative estimate of drug-likeness (QED) is 0.440. The summed E-state index contributed by atoms with van der Waals surface area (Å²) in [6.07, 6.45) is 10.3. The number of rotatable bonds is 12. The lowest BCUT2D eigenvalue weighted by Crippen LogP contribution is -2.24. The first-order valence-electron chi connectivity index (χ1n) is 9.31. The molecule has 24 heavy (non-hydrogen) atoms. The molecule has 1 unspecified atom stereocenters. The molecule has 1 aromatic rings. The predicted octanol–water partition coefficient (Wildman–Crippen LogP) is 6.02. The smallest absolute Gasteiger partial charge is 0.161 e. The highest BCUT2D eigenvalue weighted by atomic mass is 16.5. The molecular formula is C21H33NO2. The van der Waals surface area contributed by atoms with E-state index in [1.165, 1.54) is 32.1 Å². The van der Waals surface area contributed by atoms with Gasteiger partial charge in [0.2, 0.25) is 0 Å². The van der Waals surface area contributed by atoms with E-state index in [9.17, 15) is 5.26 Å². The highest BCUT2D eigenvalue weighted by molar-refractivity contribution is 5.47. The second-order valence-electron chi connectivity index (χ2n) is 6.53. The van der Waals surface area contributed by atoms with E-state index in [2.05, 4.69) is 19.9 Å². The van der Waals surface area contributed by atoms with E-state index >= 15 is 0 Å². The van der Waals surface area contributed by atoms with E-state index < -0.39 is 5.41 Å². The third kappa shape index (κ3) is 5.44. The summed E-state index contributed by atoms with van der Waals surface area (Å²) < 4.78 is 10.8. The van der Waals surface area contributed by atoms with Gasteiger partial charge in [-0.25, -0.2) is 0 Å². The molecule has 0 radical (unpaired) electrons. The van der Waals surface area contributed by atoms with Crippen molar-refractivity contribution in [3.8, 4) is 17.6 Å². The van der Waals surface area contributed by atoms with Gasteiger partial charge in [0, 0.05) is 0 Å². The number of nitriles is 1. The normalized spacial score (nSPS) is 13.1. The van der Waals surface area contributed by atoms with Crippen LogP contribution in [0.3, 0.4) is 0 Å². The van der Waals surface area contributed by atoms with Gasteiger partial charge in [0.15, 0.2) is 11.5 Å². The Balaban J connectivity index is 2.89. The van der Waals surface area contributed by atoms with Gasteiger partial charge >= 0.3 is 0 Å². The molecular weight excluding hydrogens is 298 g/mol. The monoisotopic (exact) mass is 331 g/mol. The first-order chi connectivity index (χ1) is 11.7. The molecule has 1 rings (SSSR count). The Labute approximate surface area is 148 Å². The van der Waals surface area contributed by atoms with Gasteiger partial charge in [0.05, 0.1) is 25.7 Å². The van der Waals surface area contributed by atoms with Gasteiger partial charge < -0.3 is 9.47 Å². The summed E-state index contributed by atoms with van der Waals surface area (Å²) in [6, 6.07) is 8.55. The van der Waals surface area contributed by atoms with Crippen molar-refractivity contribution >= 4 is 0 Å².